The van der Waals surface area contributed by atoms with Gasteiger partial charge in [-0.3, -0.25) is 4.79 Å². The lowest BCUT2D eigenvalue weighted by molar-refractivity contribution is -0.120. The molecule has 2 aliphatic carbocycles. The van der Waals surface area contributed by atoms with Crippen LogP contribution in [0.2, 0.25) is 0 Å². The number of carbonyl (C=O) groups excluding carboxylic acids is 1. The van der Waals surface area contributed by atoms with Crippen molar-refractivity contribution in [3.63, 3.8) is 0 Å². The Bertz CT molecular complexity index is 202. The topological polar surface area (TPSA) is 29.1 Å². The maximum atomic E-state index is 11.0. The molecule has 0 radical (unpaired) electrons. The first-order valence-electron chi connectivity index (χ1n) is 5.54. The summed E-state index contributed by atoms with van der Waals surface area (Å²) in [7, 11) is 0. The van der Waals surface area contributed by atoms with Crippen LogP contribution >= 0.6 is 0 Å². The molecule has 2 nitrogen and oxygen atoms in total. The third kappa shape index (κ3) is 1.87. The van der Waals surface area contributed by atoms with Crippen LogP contribution in [0.4, 0.5) is 0 Å². The zero-order chi connectivity index (χ0) is 9.26. The minimum atomic E-state index is 0.149. The summed E-state index contributed by atoms with van der Waals surface area (Å²) in [6.45, 7) is 1.64. The van der Waals surface area contributed by atoms with E-state index in [2.05, 4.69) is 5.32 Å². The highest BCUT2D eigenvalue weighted by Gasteiger charge is 2.37. The van der Waals surface area contributed by atoms with Gasteiger partial charge in [0.1, 0.15) is 0 Å². The van der Waals surface area contributed by atoms with Gasteiger partial charge in [-0.25, -0.2) is 0 Å². The van der Waals surface area contributed by atoms with Crippen molar-refractivity contribution in [3.05, 3.63) is 0 Å². The highest BCUT2D eigenvalue weighted by molar-refractivity contribution is 5.73. The lowest BCUT2D eigenvalue weighted by Gasteiger charge is -2.29. The predicted octanol–water partition coefficient (Wildman–Crippen LogP) is 2.09. The van der Waals surface area contributed by atoms with Crippen molar-refractivity contribution in [1.82, 2.24) is 5.32 Å². The van der Waals surface area contributed by atoms with Crippen LogP contribution in [0.5, 0.6) is 0 Å². The Morgan fingerprint density at radius 2 is 1.92 bits per heavy atom. The predicted molar refractivity (Wildman–Crippen MR) is 52.3 cm³/mol. The van der Waals surface area contributed by atoms with Crippen LogP contribution in [-0.2, 0) is 4.79 Å². The van der Waals surface area contributed by atoms with Gasteiger partial charge in [-0.2, -0.15) is 0 Å². The smallest absolute Gasteiger partial charge is 0.217 e. The molecule has 0 saturated heterocycles. The number of hydrogen-bond donors (Lipinski definition) is 1. The van der Waals surface area contributed by atoms with Crippen LogP contribution in [0.15, 0.2) is 0 Å². The Hall–Kier alpha value is -0.530. The van der Waals surface area contributed by atoms with Gasteiger partial charge in [0.25, 0.3) is 0 Å². The summed E-state index contributed by atoms with van der Waals surface area (Å²) < 4.78 is 0. The van der Waals surface area contributed by atoms with Crippen LogP contribution in [0.1, 0.15) is 45.4 Å². The van der Waals surface area contributed by atoms with Crippen molar-refractivity contribution < 1.29 is 4.79 Å². The Morgan fingerprint density at radius 1 is 1.15 bits per heavy atom. The van der Waals surface area contributed by atoms with E-state index in [4.69, 9.17) is 0 Å². The molecule has 1 N–H and O–H groups in total. The molecule has 2 rings (SSSR count). The fraction of sp³-hybridized carbons (Fsp3) is 0.909. The van der Waals surface area contributed by atoms with E-state index in [0.29, 0.717) is 6.04 Å². The first kappa shape index (κ1) is 9.04. The molecular weight excluding hydrogens is 162 g/mol. The van der Waals surface area contributed by atoms with Crippen LogP contribution in [0.25, 0.3) is 0 Å². The molecule has 2 saturated carbocycles. The molecule has 0 aromatic heterocycles. The molecular formula is C11H19NO. The molecule has 2 aliphatic rings. The summed E-state index contributed by atoms with van der Waals surface area (Å²) in [5.74, 6) is 1.87. The van der Waals surface area contributed by atoms with Crippen LogP contribution in [-0.4, -0.2) is 11.9 Å². The number of hydrogen-bond acceptors (Lipinski definition) is 1. The fourth-order valence-corrected chi connectivity index (χ4v) is 3.17. The van der Waals surface area contributed by atoms with E-state index in [0.717, 1.165) is 11.8 Å². The normalized spacial score (nSPS) is 38.4. The standard InChI is InChI=1S/C11H19NO/c1-8(13)12-11-7-6-9-4-2-3-5-10(9)11/h9-11H,2-7H2,1H3,(H,12,13)/t9-,10-,11+/m0/s1. The third-order valence-electron chi connectivity index (χ3n) is 3.72. The summed E-state index contributed by atoms with van der Waals surface area (Å²) in [5.41, 5.74) is 0. The first-order valence-corrected chi connectivity index (χ1v) is 5.54. The fourth-order valence-electron chi connectivity index (χ4n) is 3.17. The largest absolute Gasteiger partial charge is 0.353 e. The highest BCUT2D eigenvalue weighted by Crippen LogP contribution is 2.42. The summed E-state index contributed by atoms with van der Waals surface area (Å²) in [6, 6.07) is 0.503. The van der Waals surface area contributed by atoms with Gasteiger partial charge in [0.15, 0.2) is 0 Å². The van der Waals surface area contributed by atoms with Crippen molar-refractivity contribution in [3.8, 4) is 0 Å². The second-order valence-corrected chi connectivity index (χ2v) is 4.59. The maximum Gasteiger partial charge on any atom is 0.217 e. The van der Waals surface area contributed by atoms with Gasteiger partial charge in [-0.05, 0) is 31.1 Å². The van der Waals surface area contributed by atoms with Crippen LogP contribution in [0.3, 0.4) is 0 Å². The number of fused-ring (bicyclic) bond motifs is 1. The quantitative estimate of drug-likeness (QED) is 0.659. The summed E-state index contributed by atoms with van der Waals surface area (Å²) >= 11 is 0. The zero-order valence-electron chi connectivity index (χ0n) is 8.38. The van der Waals surface area contributed by atoms with Crippen LogP contribution in [0, 0.1) is 11.8 Å². The molecule has 0 spiro atoms. The molecule has 0 aromatic carbocycles. The Kier molecular flexibility index (Phi) is 2.56. The van der Waals surface area contributed by atoms with Crippen molar-refractivity contribution >= 4 is 5.91 Å². The Morgan fingerprint density at radius 3 is 2.69 bits per heavy atom. The highest BCUT2D eigenvalue weighted by atomic mass is 16.1. The van der Waals surface area contributed by atoms with Gasteiger partial charge in [0.2, 0.25) is 5.91 Å². The van der Waals surface area contributed by atoms with Gasteiger partial charge >= 0.3 is 0 Å². The van der Waals surface area contributed by atoms with Crippen molar-refractivity contribution in [2.45, 2.75) is 51.5 Å². The second-order valence-electron chi connectivity index (χ2n) is 4.59. The molecule has 1 amide bonds. The molecule has 0 unspecified atom stereocenters. The van der Waals surface area contributed by atoms with Gasteiger partial charge in [-0.15, -0.1) is 0 Å². The van der Waals surface area contributed by atoms with Crippen molar-refractivity contribution in [2.75, 3.05) is 0 Å². The SMILES string of the molecule is CC(=O)N[C@@H]1CC[C@@H]2CCCC[C@@H]21. The van der Waals surface area contributed by atoms with E-state index in [9.17, 15) is 4.79 Å². The lowest BCUT2D eigenvalue weighted by atomic mass is 9.80. The monoisotopic (exact) mass is 181 g/mol. The van der Waals surface area contributed by atoms with E-state index in [1.165, 1.54) is 38.5 Å². The molecule has 2 heteroatoms. The molecule has 3 atom stereocenters. The van der Waals surface area contributed by atoms with Gasteiger partial charge < -0.3 is 5.32 Å². The lowest BCUT2D eigenvalue weighted by Crippen LogP contribution is -2.38. The molecule has 74 valence electrons. The van der Waals surface area contributed by atoms with Gasteiger partial charge in [0, 0.05) is 13.0 Å². The van der Waals surface area contributed by atoms with E-state index in [1.807, 2.05) is 0 Å². The minimum Gasteiger partial charge on any atom is -0.353 e. The molecule has 0 aliphatic heterocycles. The molecule has 0 bridgehead atoms. The first-order chi connectivity index (χ1) is 6.27. The molecule has 0 heterocycles. The van der Waals surface area contributed by atoms with Crippen molar-refractivity contribution in [1.29, 1.82) is 0 Å². The molecule has 13 heavy (non-hydrogen) atoms. The number of amides is 1. The molecule has 2 fully saturated rings. The Balaban J connectivity index is 1.94. The van der Waals surface area contributed by atoms with E-state index in [-0.39, 0.29) is 5.91 Å². The van der Waals surface area contributed by atoms with E-state index in [1.54, 1.807) is 6.92 Å². The van der Waals surface area contributed by atoms with Gasteiger partial charge in [-0.1, -0.05) is 19.3 Å². The summed E-state index contributed by atoms with van der Waals surface area (Å²) in [5, 5.41) is 3.10. The average molecular weight is 181 g/mol. The number of nitrogens with one attached hydrogen (secondary N) is 1. The van der Waals surface area contributed by atoms with Crippen LogP contribution < -0.4 is 5.32 Å². The number of rotatable bonds is 1. The third-order valence-corrected chi connectivity index (χ3v) is 3.72. The van der Waals surface area contributed by atoms with E-state index < -0.39 is 0 Å². The summed E-state index contributed by atoms with van der Waals surface area (Å²) in [6.07, 6.45) is 8.09. The van der Waals surface area contributed by atoms with Crippen molar-refractivity contribution in [2.24, 2.45) is 11.8 Å². The Labute approximate surface area is 80.1 Å². The average Bonchev–Trinajstić information content (AvgIpc) is 2.48. The second kappa shape index (κ2) is 3.69. The maximum absolute atomic E-state index is 11.0. The minimum absolute atomic E-state index is 0.149. The number of carbonyl (C=O) groups is 1. The van der Waals surface area contributed by atoms with E-state index >= 15 is 0 Å². The summed E-state index contributed by atoms with van der Waals surface area (Å²) in [4.78, 5) is 11.0. The van der Waals surface area contributed by atoms with Gasteiger partial charge in [0.05, 0.1) is 0 Å². The molecule has 0 aromatic rings. The zero-order valence-corrected chi connectivity index (χ0v) is 8.38.